The highest BCUT2D eigenvalue weighted by Gasteiger charge is 2.46. The van der Waals surface area contributed by atoms with E-state index in [9.17, 15) is 65.5 Å². The number of anilines is 1. The number of phenolic OH excluding ortho intramolecular Hbond substituents is 1. The van der Waals surface area contributed by atoms with E-state index < -0.39 is 87.8 Å². The average molecular weight is 1470 g/mol. The Morgan fingerprint density at radius 3 is 1.14 bits per heavy atom. The first-order valence-electron chi connectivity index (χ1n) is 25.7. The molecule has 494 valence electrons. The maximum absolute atomic E-state index is 13.4. The van der Waals surface area contributed by atoms with Crippen LogP contribution in [-0.4, -0.2) is 72.3 Å². The third-order valence-electron chi connectivity index (χ3n) is 11.8. The Kier molecular flexibility index (Phi) is 22.9. The van der Waals surface area contributed by atoms with Crippen LogP contribution in [-0.2, 0) is 51.2 Å². The van der Waals surface area contributed by atoms with E-state index in [-0.39, 0.29) is 77.4 Å². The van der Waals surface area contributed by atoms with E-state index in [1.165, 1.54) is 24.3 Å². The van der Waals surface area contributed by atoms with Gasteiger partial charge in [-0.25, -0.2) is 45.2 Å². The van der Waals surface area contributed by atoms with Crippen molar-refractivity contribution in [3.8, 4) is 5.75 Å². The van der Waals surface area contributed by atoms with Gasteiger partial charge < -0.3 is 28.5 Å². The lowest BCUT2D eigenvalue weighted by molar-refractivity contribution is 0.113. The van der Waals surface area contributed by atoms with Gasteiger partial charge in [0.2, 0.25) is 53.1 Å². The lowest BCUT2D eigenvalue weighted by Crippen LogP contribution is -2.25. The number of sulfone groups is 3. The number of hydrogen-bond donors (Lipinski definition) is 3. The minimum Gasteiger partial charge on any atom is -0.504 e. The van der Waals surface area contributed by atoms with Gasteiger partial charge in [0.05, 0.1) is 40.6 Å². The summed E-state index contributed by atoms with van der Waals surface area (Å²) in [5.41, 5.74) is 5.72. The third-order valence-corrected chi connectivity index (χ3v) is 20.4. The van der Waals surface area contributed by atoms with Crippen LogP contribution in [0.15, 0.2) is 103 Å². The van der Waals surface area contributed by atoms with Crippen molar-refractivity contribution >= 4 is 162 Å². The molecular formula is C56H58Cl5F8N5O11S5. The van der Waals surface area contributed by atoms with Crippen LogP contribution in [0, 0.1) is 0 Å². The van der Waals surface area contributed by atoms with Gasteiger partial charge in [0.25, 0.3) is 5.76 Å². The van der Waals surface area contributed by atoms with Crippen molar-refractivity contribution in [2.75, 3.05) is 5.73 Å². The van der Waals surface area contributed by atoms with Crippen LogP contribution in [0.3, 0.4) is 0 Å². The molecule has 9 rings (SSSR count). The van der Waals surface area contributed by atoms with Crippen molar-refractivity contribution in [3.05, 3.63) is 109 Å². The predicted octanol–water partition coefficient (Wildman–Crippen LogP) is 19.1. The van der Waals surface area contributed by atoms with Crippen LogP contribution in [0.1, 0.15) is 120 Å². The molecular weight excluding hydrogens is 1410 g/mol. The predicted molar refractivity (Wildman–Crippen MR) is 336 cm³/mol. The van der Waals surface area contributed by atoms with Gasteiger partial charge in [-0.2, -0.15) is 35.1 Å². The Bertz CT molecular complexity index is 4490. The number of aromatic nitrogens is 4. The number of oxazole rings is 4. The molecule has 4 heterocycles. The number of nitrogens with two attached hydrogens (primary N) is 1. The molecule has 9 aromatic rings. The minimum atomic E-state index is -5.06. The van der Waals surface area contributed by atoms with Gasteiger partial charge in [0.1, 0.15) is 36.8 Å². The maximum atomic E-state index is 13.4. The Morgan fingerprint density at radius 1 is 0.467 bits per heavy atom. The number of aromatic hydroxyl groups is 1. The number of alkyl halides is 8. The van der Waals surface area contributed by atoms with E-state index in [1.54, 1.807) is 39.0 Å². The Balaban J connectivity index is 0.000000206. The number of thioether (sulfide) groups is 1. The fourth-order valence-electron chi connectivity index (χ4n) is 7.05. The zero-order valence-corrected chi connectivity index (χ0v) is 57.8. The Morgan fingerprint density at radius 2 is 0.767 bits per heavy atom. The van der Waals surface area contributed by atoms with Gasteiger partial charge in [-0.15, -0.1) is 12.6 Å². The molecule has 0 amide bonds. The number of halogens is 13. The molecule has 0 bridgehead atoms. The normalized spacial score (nSPS) is 13.0. The first-order chi connectivity index (χ1) is 40.7. The van der Waals surface area contributed by atoms with Gasteiger partial charge in [-0.1, -0.05) is 141 Å². The second-order valence-electron chi connectivity index (χ2n) is 23.6. The van der Waals surface area contributed by atoms with Crippen molar-refractivity contribution in [2.45, 2.75) is 165 Å². The van der Waals surface area contributed by atoms with Crippen LogP contribution in [0.5, 0.6) is 5.75 Å². The first kappa shape index (κ1) is 75.7. The van der Waals surface area contributed by atoms with Crippen molar-refractivity contribution in [1.82, 2.24) is 19.9 Å². The highest BCUT2D eigenvalue weighted by atomic mass is 35.5. The molecule has 0 aliphatic carbocycles. The lowest BCUT2D eigenvalue weighted by atomic mass is 9.97. The number of rotatable bonds is 8. The average Bonchev–Trinajstić information content (AvgIpc) is 1.37. The van der Waals surface area contributed by atoms with E-state index in [1.807, 2.05) is 47.6 Å². The lowest BCUT2D eigenvalue weighted by Gasteiger charge is -2.14. The summed E-state index contributed by atoms with van der Waals surface area (Å²) in [5, 5.41) is 1.03. The number of thiol groups is 1. The fraction of sp³-hybridized carbons (Fsp3) is 0.393. The van der Waals surface area contributed by atoms with Gasteiger partial charge in [-0.3, -0.25) is 0 Å². The summed E-state index contributed by atoms with van der Waals surface area (Å²) in [6.45, 7) is 23.3. The molecule has 34 heteroatoms. The molecule has 0 saturated carbocycles. The molecule has 0 spiro atoms. The summed E-state index contributed by atoms with van der Waals surface area (Å²) < 4.78 is 195. The van der Waals surface area contributed by atoms with E-state index in [0.29, 0.717) is 57.1 Å². The van der Waals surface area contributed by atoms with Crippen molar-refractivity contribution in [2.24, 2.45) is 0 Å². The summed E-state index contributed by atoms with van der Waals surface area (Å²) in [5.74, 6) is -5.37. The van der Waals surface area contributed by atoms with Crippen LogP contribution in [0.25, 0.3) is 44.4 Å². The van der Waals surface area contributed by atoms with Gasteiger partial charge in [-0.05, 0) is 72.4 Å². The highest BCUT2D eigenvalue weighted by Crippen LogP contribution is 2.44. The van der Waals surface area contributed by atoms with Gasteiger partial charge in [0.15, 0.2) is 28.1 Å². The van der Waals surface area contributed by atoms with E-state index >= 15 is 0 Å². The Hall–Kier alpha value is -4.98. The number of fused-ring (bicyclic) bond motifs is 4. The number of benzene rings is 5. The second kappa shape index (κ2) is 27.2. The summed E-state index contributed by atoms with van der Waals surface area (Å²) in [4.78, 5) is 15.4. The van der Waals surface area contributed by atoms with Crippen LogP contribution in [0.4, 0.5) is 40.8 Å². The highest BCUT2D eigenvalue weighted by molar-refractivity contribution is 8.00. The van der Waals surface area contributed by atoms with Crippen LogP contribution >= 0.6 is 82.4 Å². The van der Waals surface area contributed by atoms with Crippen LogP contribution in [0.2, 0.25) is 25.1 Å². The van der Waals surface area contributed by atoms with Gasteiger partial charge >= 0.3 is 16.3 Å². The van der Waals surface area contributed by atoms with E-state index in [4.69, 9.17) is 81.4 Å². The first-order valence-corrected chi connectivity index (χ1v) is 33.5. The van der Waals surface area contributed by atoms with Crippen molar-refractivity contribution in [1.29, 1.82) is 0 Å². The van der Waals surface area contributed by atoms with E-state index in [0.717, 1.165) is 17.6 Å². The third kappa shape index (κ3) is 16.9. The molecule has 0 saturated heterocycles. The van der Waals surface area contributed by atoms with Crippen LogP contribution < -0.4 is 5.73 Å². The zero-order chi connectivity index (χ0) is 68.9. The maximum Gasteiger partial charge on any atom is 0.347 e. The van der Waals surface area contributed by atoms with Crippen molar-refractivity contribution in [3.63, 3.8) is 0 Å². The summed E-state index contributed by atoms with van der Waals surface area (Å²) >= 11 is 33.6. The summed E-state index contributed by atoms with van der Waals surface area (Å²) in [7, 11) is -14.9. The molecule has 0 fully saturated rings. The minimum absolute atomic E-state index is 0.105. The summed E-state index contributed by atoms with van der Waals surface area (Å²) in [6, 6.07) is 14.3. The molecule has 3 N–H and O–H groups in total. The smallest absolute Gasteiger partial charge is 0.347 e. The quantitative estimate of drug-likeness (QED) is 0.0420. The van der Waals surface area contributed by atoms with Crippen molar-refractivity contribution < 1.29 is 83.2 Å². The molecule has 0 atom stereocenters. The standard InChI is InChI=1S/C13H14ClF2NO3S.C12H12ClF2NO3S.C12H12ClF2NOS.C11H12ClNOS.C8H8ClF2NO3S/c1-12(2,3)11-17-8-6-5-7(14)10(9(8)20-11)21(18,19)13(4,15)16;1-12(2,3)10-16-7-5-4-6(13)9(8(7)19-10)20(17,18)11(14)15;1-12(2,3)10-16-7-5-4-6(13)9(8(7)17-10)18-11(14)15;1-11(2,3)10-13-7-5-4-6(12)9(15)8(7)14-10;1-8(10,11)16(14,15)7-4(9)2-3-5(12)6(7)13/h5-6H,1-4H3;4-5,11H,1-3H3;4-5,11H,1-3H3;4-5,15H,1-3H3;2-3,13H,12H2,1H3. The Labute approximate surface area is 547 Å². The zero-order valence-electron chi connectivity index (χ0n) is 49.8. The fourth-order valence-corrected chi connectivity index (χ4v) is 12.8. The molecule has 16 nitrogen and oxygen atoms in total. The number of hydrogen-bond acceptors (Lipinski definition) is 18. The molecule has 4 aromatic heterocycles. The van der Waals surface area contributed by atoms with Gasteiger partial charge in [0, 0.05) is 35.5 Å². The number of nitrogens with zero attached hydrogens (tertiary/aromatic N) is 4. The monoisotopic (exact) mass is 1460 g/mol. The molecule has 0 radical (unpaired) electrons. The number of phenols is 1. The second-order valence-corrected chi connectivity index (χ2v) is 33.2. The molecule has 0 unspecified atom stereocenters. The SMILES string of the molecule is CC(C)(C)c1nc2ccc(Cl)c(S(=O)(=O)C(C)(F)F)c2o1.CC(C)(C)c1nc2ccc(Cl)c(S(=O)(=O)C(F)F)c2o1.CC(C)(C)c1nc2ccc(Cl)c(S)c2o1.CC(C)(C)c1nc2ccc(Cl)c(SC(F)F)c2o1.CC(F)(F)S(=O)(=O)c1c(Cl)ccc(N)c1O. The largest absolute Gasteiger partial charge is 0.504 e. The molecule has 0 aliphatic heterocycles. The topological polar surface area (TPSA) is 253 Å². The molecule has 90 heavy (non-hydrogen) atoms. The molecule has 5 aromatic carbocycles. The molecule has 0 aliphatic rings. The van der Waals surface area contributed by atoms with E-state index in [2.05, 4.69) is 53.3 Å². The summed E-state index contributed by atoms with van der Waals surface area (Å²) in [6.07, 6.45) is 0. The number of nitrogen functional groups attached to an aromatic ring is 1.